The highest BCUT2D eigenvalue weighted by Crippen LogP contribution is 2.16. The molecule has 0 fully saturated rings. The molecule has 4 nitrogen and oxygen atoms in total. The van der Waals surface area contributed by atoms with Gasteiger partial charge >= 0.3 is 0 Å². The third-order valence-electron chi connectivity index (χ3n) is 3.53. The van der Waals surface area contributed by atoms with Crippen LogP contribution in [0.4, 0.5) is 0 Å². The standard InChI is InChI=1S/C17H22N2O2S/c1-11(2)12(3)18-17(20)14-5-7-16(8-6-14)21-9-15-10-22-13(4)19-15/h5-8,10-12H,9H2,1-4H3,(H,18,20). The van der Waals surface area contributed by atoms with Gasteiger partial charge in [-0.2, -0.15) is 0 Å². The molecule has 1 heterocycles. The monoisotopic (exact) mass is 318 g/mol. The lowest BCUT2D eigenvalue weighted by Gasteiger charge is -2.17. The van der Waals surface area contributed by atoms with E-state index in [9.17, 15) is 4.79 Å². The fourth-order valence-corrected chi connectivity index (χ4v) is 2.39. The predicted octanol–water partition coefficient (Wildman–Crippen LogP) is 3.80. The Morgan fingerprint density at radius 3 is 2.50 bits per heavy atom. The van der Waals surface area contributed by atoms with Crippen molar-refractivity contribution in [3.8, 4) is 5.75 Å². The number of carbonyl (C=O) groups excluding carboxylic acids is 1. The molecule has 5 heteroatoms. The average molecular weight is 318 g/mol. The topological polar surface area (TPSA) is 51.2 Å². The molecule has 22 heavy (non-hydrogen) atoms. The molecule has 0 bridgehead atoms. The fourth-order valence-electron chi connectivity index (χ4n) is 1.79. The van der Waals surface area contributed by atoms with Crippen LogP contribution in [0.25, 0.3) is 0 Å². The van der Waals surface area contributed by atoms with E-state index < -0.39 is 0 Å². The van der Waals surface area contributed by atoms with Crippen molar-refractivity contribution in [1.82, 2.24) is 10.3 Å². The molecule has 1 amide bonds. The van der Waals surface area contributed by atoms with E-state index in [1.165, 1.54) is 0 Å². The van der Waals surface area contributed by atoms with E-state index in [1.807, 2.05) is 31.4 Å². The second kappa shape index (κ2) is 7.40. The summed E-state index contributed by atoms with van der Waals surface area (Å²) in [5.74, 6) is 1.09. The molecule has 0 saturated carbocycles. The summed E-state index contributed by atoms with van der Waals surface area (Å²) in [6.07, 6.45) is 0. The highest BCUT2D eigenvalue weighted by Gasteiger charge is 2.12. The summed E-state index contributed by atoms with van der Waals surface area (Å²) in [7, 11) is 0. The molecule has 1 unspecified atom stereocenters. The molecule has 0 radical (unpaired) electrons. The van der Waals surface area contributed by atoms with Crippen LogP contribution in [0.1, 0.15) is 41.8 Å². The van der Waals surface area contributed by atoms with E-state index >= 15 is 0 Å². The number of nitrogens with one attached hydrogen (secondary N) is 1. The van der Waals surface area contributed by atoms with Crippen LogP contribution in [0.3, 0.4) is 0 Å². The lowest BCUT2D eigenvalue weighted by atomic mass is 10.1. The third-order valence-corrected chi connectivity index (χ3v) is 4.35. The van der Waals surface area contributed by atoms with Crippen LogP contribution in [-0.4, -0.2) is 16.9 Å². The Morgan fingerprint density at radius 2 is 1.95 bits per heavy atom. The van der Waals surface area contributed by atoms with Crippen molar-refractivity contribution < 1.29 is 9.53 Å². The van der Waals surface area contributed by atoms with E-state index in [0.29, 0.717) is 18.1 Å². The van der Waals surface area contributed by atoms with Crippen LogP contribution >= 0.6 is 11.3 Å². The summed E-state index contributed by atoms with van der Waals surface area (Å²) in [4.78, 5) is 16.4. The van der Waals surface area contributed by atoms with Crippen molar-refractivity contribution in [1.29, 1.82) is 0 Å². The van der Waals surface area contributed by atoms with E-state index in [2.05, 4.69) is 24.1 Å². The van der Waals surface area contributed by atoms with E-state index in [1.54, 1.807) is 23.5 Å². The number of hydrogen-bond acceptors (Lipinski definition) is 4. The lowest BCUT2D eigenvalue weighted by molar-refractivity contribution is 0.0930. The largest absolute Gasteiger partial charge is 0.487 e. The SMILES string of the molecule is Cc1nc(COc2ccc(C(=O)NC(C)C(C)C)cc2)cs1. The molecule has 2 rings (SSSR count). The van der Waals surface area contributed by atoms with Gasteiger partial charge in [0.25, 0.3) is 5.91 Å². The molecule has 0 saturated heterocycles. The van der Waals surface area contributed by atoms with Gasteiger partial charge in [-0.05, 0) is 44.0 Å². The zero-order valence-electron chi connectivity index (χ0n) is 13.4. The Hall–Kier alpha value is -1.88. The number of carbonyl (C=O) groups is 1. The van der Waals surface area contributed by atoms with Gasteiger partial charge in [0.1, 0.15) is 12.4 Å². The second-order valence-electron chi connectivity index (χ2n) is 5.68. The van der Waals surface area contributed by atoms with Crippen LogP contribution in [-0.2, 0) is 6.61 Å². The van der Waals surface area contributed by atoms with E-state index in [4.69, 9.17) is 4.74 Å². The first kappa shape index (κ1) is 16.5. The van der Waals surface area contributed by atoms with Gasteiger partial charge in [-0.1, -0.05) is 13.8 Å². The first-order valence-corrected chi connectivity index (χ1v) is 8.28. The van der Waals surface area contributed by atoms with Gasteiger partial charge in [-0.3, -0.25) is 4.79 Å². The molecule has 0 aliphatic carbocycles. The summed E-state index contributed by atoms with van der Waals surface area (Å²) < 4.78 is 5.67. The summed E-state index contributed by atoms with van der Waals surface area (Å²) in [6, 6.07) is 7.34. The molecule has 2 aromatic rings. The molecule has 1 aromatic heterocycles. The maximum atomic E-state index is 12.1. The van der Waals surface area contributed by atoms with Crippen molar-refractivity contribution in [2.75, 3.05) is 0 Å². The summed E-state index contributed by atoms with van der Waals surface area (Å²) in [5, 5.41) is 6.01. The molecule has 0 aliphatic rings. The summed E-state index contributed by atoms with van der Waals surface area (Å²) >= 11 is 1.61. The molecule has 1 atom stereocenters. The highest BCUT2D eigenvalue weighted by molar-refractivity contribution is 7.09. The number of aryl methyl sites for hydroxylation is 1. The Balaban J connectivity index is 1.91. The predicted molar refractivity (Wildman–Crippen MR) is 89.4 cm³/mol. The Bertz CT molecular complexity index is 620. The van der Waals surface area contributed by atoms with Crippen molar-refractivity contribution in [2.45, 2.75) is 40.3 Å². The highest BCUT2D eigenvalue weighted by atomic mass is 32.1. The third kappa shape index (κ3) is 4.56. The van der Waals surface area contributed by atoms with Gasteiger partial charge in [-0.25, -0.2) is 4.98 Å². The Kier molecular flexibility index (Phi) is 5.55. The number of hydrogen-bond donors (Lipinski definition) is 1. The number of aromatic nitrogens is 1. The van der Waals surface area contributed by atoms with E-state index in [0.717, 1.165) is 16.5 Å². The molecule has 0 spiro atoms. The number of nitrogens with zero attached hydrogens (tertiary/aromatic N) is 1. The maximum Gasteiger partial charge on any atom is 0.251 e. The molecule has 0 aliphatic heterocycles. The first-order chi connectivity index (χ1) is 10.5. The van der Waals surface area contributed by atoms with Crippen LogP contribution in [0.2, 0.25) is 0 Å². The number of benzene rings is 1. The quantitative estimate of drug-likeness (QED) is 0.881. The van der Waals surface area contributed by atoms with Crippen molar-refractivity contribution in [3.05, 3.63) is 45.9 Å². The van der Waals surface area contributed by atoms with Gasteiger partial charge in [0.15, 0.2) is 0 Å². The fraction of sp³-hybridized carbons (Fsp3) is 0.412. The zero-order chi connectivity index (χ0) is 16.1. The molecule has 1 N–H and O–H groups in total. The zero-order valence-corrected chi connectivity index (χ0v) is 14.2. The molecular formula is C17H22N2O2S. The second-order valence-corrected chi connectivity index (χ2v) is 6.74. The van der Waals surface area contributed by atoms with Gasteiger partial charge in [0.2, 0.25) is 0 Å². The number of amides is 1. The smallest absolute Gasteiger partial charge is 0.251 e. The van der Waals surface area contributed by atoms with Gasteiger partial charge in [-0.15, -0.1) is 11.3 Å². The molecule has 118 valence electrons. The van der Waals surface area contributed by atoms with Gasteiger partial charge in [0.05, 0.1) is 10.7 Å². The van der Waals surface area contributed by atoms with E-state index in [-0.39, 0.29) is 11.9 Å². The first-order valence-electron chi connectivity index (χ1n) is 7.40. The van der Waals surface area contributed by atoms with Crippen molar-refractivity contribution in [2.24, 2.45) is 5.92 Å². The van der Waals surface area contributed by atoms with Crippen LogP contribution in [0.5, 0.6) is 5.75 Å². The summed E-state index contributed by atoms with van der Waals surface area (Å²) in [6.45, 7) is 8.60. The Labute approximate surface area is 135 Å². The number of thiazole rings is 1. The normalized spacial score (nSPS) is 12.2. The van der Waals surface area contributed by atoms with Gasteiger partial charge in [0, 0.05) is 17.0 Å². The van der Waals surface area contributed by atoms with Crippen LogP contribution in [0, 0.1) is 12.8 Å². The minimum atomic E-state index is -0.0529. The number of ether oxygens (including phenoxy) is 1. The Morgan fingerprint density at radius 1 is 1.27 bits per heavy atom. The minimum absolute atomic E-state index is 0.0529. The van der Waals surface area contributed by atoms with Crippen LogP contribution < -0.4 is 10.1 Å². The van der Waals surface area contributed by atoms with Crippen LogP contribution in [0.15, 0.2) is 29.6 Å². The van der Waals surface area contributed by atoms with Crippen molar-refractivity contribution in [3.63, 3.8) is 0 Å². The average Bonchev–Trinajstić information content (AvgIpc) is 2.91. The van der Waals surface area contributed by atoms with Gasteiger partial charge < -0.3 is 10.1 Å². The minimum Gasteiger partial charge on any atom is -0.487 e. The lowest BCUT2D eigenvalue weighted by Crippen LogP contribution is -2.36. The van der Waals surface area contributed by atoms with Crippen molar-refractivity contribution >= 4 is 17.2 Å². The maximum absolute atomic E-state index is 12.1. The number of rotatable bonds is 6. The summed E-state index contributed by atoms with van der Waals surface area (Å²) in [5.41, 5.74) is 1.57. The molecule has 1 aromatic carbocycles. The molecular weight excluding hydrogens is 296 g/mol.